The van der Waals surface area contributed by atoms with Crippen LogP contribution < -0.4 is 5.32 Å². The molecule has 5 heteroatoms. The van der Waals surface area contributed by atoms with Crippen molar-refractivity contribution in [3.63, 3.8) is 0 Å². The minimum Gasteiger partial charge on any atom is -0.481 e. The van der Waals surface area contributed by atoms with Gasteiger partial charge in [-0.25, -0.2) is 4.39 Å². The molecule has 2 N–H and O–H groups in total. The molecule has 0 radical (unpaired) electrons. The largest absolute Gasteiger partial charge is 0.481 e. The Morgan fingerprint density at radius 2 is 1.76 bits per heavy atom. The number of nitrogens with one attached hydrogen (secondary N) is 1. The zero-order valence-corrected chi connectivity index (χ0v) is 10.1. The number of carboxylic acid groups (broad SMARTS) is 1. The van der Waals surface area contributed by atoms with Crippen LogP contribution in [0.5, 0.6) is 0 Å². The van der Waals surface area contributed by atoms with Crippen molar-refractivity contribution >= 4 is 18.4 Å². The number of piperidine rings is 1. The number of aliphatic carboxylic acids is 1. The average molecular weight is 260 g/mol. The SMILES string of the molecule is Cl.O=C(O)C1(c2ccc(F)cc2)CCNCC1. The number of carboxylic acids is 1. The van der Waals surface area contributed by atoms with Crippen LogP contribution in [0, 0.1) is 5.82 Å². The summed E-state index contributed by atoms with van der Waals surface area (Å²) < 4.78 is 12.8. The van der Waals surface area contributed by atoms with Crippen LogP contribution in [0.1, 0.15) is 18.4 Å². The van der Waals surface area contributed by atoms with Gasteiger partial charge in [-0.05, 0) is 43.6 Å². The summed E-state index contributed by atoms with van der Waals surface area (Å²) in [7, 11) is 0. The van der Waals surface area contributed by atoms with Crippen LogP contribution in [0.3, 0.4) is 0 Å². The zero-order chi connectivity index (χ0) is 11.6. The fourth-order valence-corrected chi connectivity index (χ4v) is 2.25. The van der Waals surface area contributed by atoms with E-state index in [1.54, 1.807) is 12.1 Å². The normalized spacial score (nSPS) is 18.2. The first kappa shape index (κ1) is 13.9. The summed E-state index contributed by atoms with van der Waals surface area (Å²) in [5.74, 6) is -1.15. The van der Waals surface area contributed by atoms with Gasteiger partial charge in [0, 0.05) is 0 Å². The van der Waals surface area contributed by atoms with Gasteiger partial charge in [-0.1, -0.05) is 12.1 Å². The van der Waals surface area contributed by atoms with Gasteiger partial charge < -0.3 is 10.4 Å². The van der Waals surface area contributed by atoms with E-state index in [9.17, 15) is 14.3 Å². The maximum atomic E-state index is 12.8. The number of benzene rings is 1. The molecule has 2 rings (SSSR count). The van der Waals surface area contributed by atoms with Crippen molar-refractivity contribution < 1.29 is 14.3 Å². The van der Waals surface area contributed by atoms with Gasteiger partial charge in [0.1, 0.15) is 5.82 Å². The topological polar surface area (TPSA) is 49.3 Å². The lowest BCUT2D eigenvalue weighted by molar-refractivity contribution is -0.145. The first-order valence-corrected chi connectivity index (χ1v) is 5.35. The maximum Gasteiger partial charge on any atom is 0.314 e. The van der Waals surface area contributed by atoms with Crippen LogP contribution in [-0.2, 0) is 10.2 Å². The number of halogens is 2. The molecule has 0 bridgehead atoms. The Labute approximate surface area is 105 Å². The number of carbonyl (C=O) groups is 1. The highest BCUT2D eigenvalue weighted by atomic mass is 35.5. The van der Waals surface area contributed by atoms with E-state index < -0.39 is 11.4 Å². The van der Waals surface area contributed by atoms with E-state index in [1.807, 2.05) is 0 Å². The predicted molar refractivity (Wildman–Crippen MR) is 65.1 cm³/mol. The summed E-state index contributed by atoms with van der Waals surface area (Å²) in [5, 5.41) is 12.5. The van der Waals surface area contributed by atoms with Crippen LogP contribution in [0.25, 0.3) is 0 Å². The van der Waals surface area contributed by atoms with Gasteiger partial charge in [0.05, 0.1) is 5.41 Å². The Bertz CT molecular complexity index is 388. The van der Waals surface area contributed by atoms with Crippen molar-refractivity contribution in [1.29, 1.82) is 0 Å². The third-order valence-corrected chi connectivity index (χ3v) is 3.26. The average Bonchev–Trinajstić information content (AvgIpc) is 2.30. The molecule has 1 saturated heterocycles. The molecular weight excluding hydrogens is 245 g/mol. The lowest BCUT2D eigenvalue weighted by Crippen LogP contribution is -2.45. The molecule has 1 aromatic rings. The standard InChI is InChI=1S/C12H14FNO2.ClH/c13-10-3-1-9(2-4-10)12(11(15)16)5-7-14-8-6-12;/h1-4,14H,5-8H2,(H,15,16);1H. The molecule has 0 spiro atoms. The summed E-state index contributed by atoms with van der Waals surface area (Å²) in [5.41, 5.74) is -0.151. The molecule has 0 aliphatic carbocycles. The van der Waals surface area contributed by atoms with E-state index in [0.717, 1.165) is 0 Å². The molecule has 1 aliphatic heterocycles. The summed E-state index contributed by atoms with van der Waals surface area (Å²) in [6.07, 6.45) is 1.10. The minimum atomic E-state index is -0.848. The van der Waals surface area contributed by atoms with Gasteiger partial charge in [0.15, 0.2) is 0 Å². The van der Waals surface area contributed by atoms with Gasteiger partial charge in [-0.15, -0.1) is 12.4 Å². The third-order valence-electron chi connectivity index (χ3n) is 3.26. The van der Waals surface area contributed by atoms with Crippen molar-refractivity contribution in [3.8, 4) is 0 Å². The highest BCUT2D eigenvalue weighted by molar-refractivity contribution is 5.85. The van der Waals surface area contributed by atoms with E-state index in [1.165, 1.54) is 12.1 Å². The molecule has 1 aliphatic rings. The molecular formula is C12H15ClFNO2. The molecule has 3 nitrogen and oxygen atoms in total. The van der Waals surface area contributed by atoms with Crippen LogP contribution in [0.2, 0.25) is 0 Å². The molecule has 94 valence electrons. The zero-order valence-electron chi connectivity index (χ0n) is 9.28. The Morgan fingerprint density at radius 3 is 2.24 bits per heavy atom. The number of rotatable bonds is 2. The highest BCUT2D eigenvalue weighted by Gasteiger charge is 2.41. The van der Waals surface area contributed by atoms with Crippen LogP contribution in [-0.4, -0.2) is 24.2 Å². The number of hydrogen-bond acceptors (Lipinski definition) is 2. The molecule has 1 aromatic carbocycles. The van der Waals surface area contributed by atoms with Gasteiger partial charge in [-0.2, -0.15) is 0 Å². The van der Waals surface area contributed by atoms with E-state index in [4.69, 9.17) is 0 Å². The predicted octanol–water partition coefficient (Wildman–Crippen LogP) is 1.95. The molecule has 17 heavy (non-hydrogen) atoms. The van der Waals surface area contributed by atoms with Gasteiger partial charge in [0.2, 0.25) is 0 Å². The minimum absolute atomic E-state index is 0. The summed E-state index contributed by atoms with van der Waals surface area (Å²) in [6, 6.07) is 5.80. The quantitative estimate of drug-likeness (QED) is 0.854. The van der Waals surface area contributed by atoms with E-state index in [-0.39, 0.29) is 18.2 Å². The Balaban J connectivity index is 0.00000144. The molecule has 0 saturated carbocycles. The molecule has 0 atom stereocenters. The fourth-order valence-electron chi connectivity index (χ4n) is 2.25. The van der Waals surface area contributed by atoms with E-state index in [2.05, 4.69) is 5.32 Å². The lowest BCUT2D eigenvalue weighted by Gasteiger charge is -2.34. The molecule has 1 heterocycles. The van der Waals surface area contributed by atoms with E-state index in [0.29, 0.717) is 31.5 Å². The second-order valence-electron chi connectivity index (χ2n) is 4.14. The van der Waals surface area contributed by atoms with Gasteiger partial charge in [-0.3, -0.25) is 4.79 Å². The molecule has 1 fully saturated rings. The summed E-state index contributed by atoms with van der Waals surface area (Å²) in [4.78, 5) is 11.4. The van der Waals surface area contributed by atoms with Gasteiger partial charge in [0.25, 0.3) is 0 Å². The van der Waals surface area contributed by atoms with Crippen molar-refractivity contribution in [1.82, 2.24) is 5.32 Å². The smallest absolute Gasteiger partial charge is 0.314 e. The molecule has 0 aromatic heterocycles. The van der Waals surface area contributed by atoms with Crippen LogP contribution >= 0.6 is 12.4 Å². The van der Waals surface area contributed by atoms with Crippen LogP contribution in [0.4, 0.5) is 4.39 Å². The third kappa shape index (κ3) is 2.58. The first-order valence-electron chi connectivity index (χ1n) is 5.35. The lowest BCUT2D eigenvalue weighted by atomic mass is 9.73. The second-order valence-corrected chi connectivity index (χ2v) is 4.14. The van der Waals surface area contributed by atoms with Gasteiger partial charge >= 0.3 is 5.97 Å². The van der Waals surface area contributed by atoms with Crippen LogP contribution in [0.15, 0.2) is 24.3 Å². The van der Waals surface area contributed by atoms with Crippen molar-refractivity contribution in [2.24, 2.45) is 0 Å². The fraction of sp³-hybridized carbons (Fsp3) is 0.417. The Hall–Kier alpha value is -1.13. The van der Waals surface area contributed by atoms with Crippen molar-refractivity contribution in [2.75, 3.05) is 13.1 Å². The van der Waals surface area contributed by atoms with Crippen molar-refractivity contribution in [2.45, 2.75) is 18.3 Å². The summed E-state index contributed by atoms with van der Waals surface area (Å²) in [6.45, 7) is 1.37. The molecule has 0 amide bonds. The Kier molecular flexibility index (Phi) is 4.48. The number of hydrogen-bond donors (Lipinski definition) is 2. The summed E-state index contributed by atoms with van der Waals surface area (Å²) >= 11 is 0. The van der Waals surface area contributed by atoms with E-state index >= 15 is 0 Å². The second kappa shape index (κ2) is 5.47. The first-order chi connectivity index (χ1) is 7.65. The molecule has 0 unspecified atom stereocenters. The monoisotopic (exact) mass is 259 g/mol. The van der Waals surface area contributed by atoms with Crippen molar-refractivity contribution in [3.05, 3.63) is 35.6 Å². The maximum absolute atomic E-state index is 12.8. The Morgan fingerprint density at radius 1 is 1.24 bits per heavy atom. The highest BCUT2D eigenvalue weighted by Crippen LogP contribution is 2.33.